The highest BCUT2D eigenvalue weighted by molar-refractivity contribution is 4.93. The van der Waals surface area contributed by atoms with E-state index >= 15 is 0 Å². The number of ether oxygens (including phenoxy) is 1. The van der Waals surface area contributed by atoms with E-state index in [0.29, 0.717) is 6.10 Å². The van der Waals surface area contributed by atoms with Crippen molar-refractivity contribution in [2.75, 3.05) is 39.3 Å². The fraction of sp³-hybridized carbons (Fsp3) is 1.00. The van der Waals surface area contributed by atoms with Gasteiger partial charge in [0.1, 0.15) is 0 Å². The molecule has 4 rings (SSSR count). The van der Waals surface area contributed by atoms with Crippen LogP contribution in [0.25, 0.3) is 0 Å². The molecule has 0 saturated carbocycles. The van der Waals surface area contributed by atoms with Gasteiger partial charge in [-0.05, 0) is 50.6 Å². The van der Waals surface area contributed by atoms with Crippen molar-refractivity contribution < 1.29 is 4.74 Å². The van der Waals surface area contributed by atoms with Gasteiger partial charge in [-0.25, -0.2) is 0 Å². The third-order valence-corrected chi connectivity index (χ3v) is 5.15. The molecule has 3 nitrogen and oxygen atoms in total. The van der Waals surface area contributed by atoms with Gasteiger partial charge in [-0.2, -0.15) is 0 Å². The van der Waals surface area contributed by atoms with Gasteiger partial charge >= 0.3 is 0 Å². The Kier molecular flexibility index (Phi) is 4.45. The highest BCUT2D eigenvalue weighted by Crippen LogP contribution is 2.32. The quantitative estimate of drug-likeness (QED) is 0.759. The van der Waals surface area contributed by atoms with Gasteiger partial charge < -0.3 is 9.64 Å². The molecule has 0 aliphatic carbocycles. The van der Waals surface area contributed by atoms with Crippen LogP contribution in [0.4, 0.5) is 0 Å². The van der Waals surface area contributed by atoms with E-state index in [4.69, 9.17) is 4.74 Å². The summed E-state index contributed by atoms with van der Waals surface area (Å²) < 4.78 is 5.88. The van der Waals surface area contributed by atoms with Gasteiger partial charge in [0.25, 0.3) is 0 Å². The van der Waals surface area contributed by atoms with Gasteiger partial charge in [0.05, 0.1) is 6.10 Å². The molecule has 4 aliphatic heterocycles. The maximum Gasteiger partial charge on any atom is 0.0702 e. The van der Waals surface area contributed by atoms with Crippen molar-refractivity contribution in [1.29, 1.82) is 0 Å². The third kappa shape index (κ3) is 3.32. The first-order chi connectivity index (χ1) is 9.22. The minimum atomic E-state index is 0.509. The van der Waals surface area contributed by atoms with Crippen LogP contribution in [0.15, 0.2) is 0 Å². The Morgan fingerprint density at radius 2 is 2.00 bits per heavy atom. The third-order valence-electron chi connectivity index (χ3n) is 5.15. The topological polar surface area (TPSA) is 15.7 Å². The fourth-order valence-corrected chi connectivity index (χ4v) is 4.21. The zero-order valence-electron chi connectivity index (χ0n) is 12.7. The maximum absolute atomic E-state index is 5.88. The Bertz CT molecular complexity index is 280. The fourth-order valence-electron chi connectivity index (χ4n) is 4.21. The normalized spacial score (nSPS) is 38.5. The van der Waals surface area contributed by atoms with Crippen LogP contribution in [-0.4, -0.2) is 61.3 Å². The minimum absolute atomic E-state index is 0.509. The molecule has 2 bridgehead atoms. The van der Waals surface area contributed by atoms with Gasteiger partial charge in [0, 0.05) is 32.3 Å². The van der Waals surface area contributed by atoms with E-state index < -0.39 is 0 Å². The average molecular weight is 266 g/mol. The summed E-state index contributed by atoms with van der Waals surface area (Å²) in [5.74, 6) is 1.71. The van der Waals surface area contributed by atoms with Crippen molar-refractivity contribution in [3.05, 3.63) is 0 Å². The van der Waals surface area contributed by atoms with Crippen molar-refractivity contribution >= 4 is 0 Å². The zero-order valence-corrected chi connectivity index (χ0v) is 12.7. The second kappa shape index (κ2) is 6.11. The van der Waals surface area contributed by atoms with Crippen molar-refractivity contribution in [1.82, 2.24) is 9.80 Å². The van der Waals surface area contributed by atoms with E-state index in [9.17, 15) is 0 Å². The first-order valence-corrected chi connectivity index (χ1v) is 8.30. The van der Waals surface area contributed by atoms with Gasteiger partial charge in [-0.1, -0.05) is 13.8 Å². The number of rotatable bonds is 5. The monoisotopic (exact) mass is 266 g/mol. The second-order valence-electron chi connectivity index (χ2n) is 7.19. The van der Waals surface area contributed by atoms with E-state index in [1.807, 2.05) is 0 Å². The highest BCUT2D eigenvalue weighted by atomic mass is 16.5. The molecule has 0 radical (unpaired) electrons. The summed E-state index contributed by atoms with van der Waals surface area (Å²) in [7, 11) is 0. The van der Waals surface area contributed by atoms with E-state index in [1.54, 1.807) is 0 Å². The van der Waals surface area contributed by atoms with E-state index in [0.717, 1.165) is 24.5 Å². The molecule has 0 unspecified atom stereocenters. The number of hydrogen-bond acceptors (Lipinski definition) is 3. The SMILES string of the molecule is CC(C)CN(C[C@@H]1CCCO1)[C@H]1CN2CCC1CC2. The smallest absolute Gasteiger partial charge is 0.0702 e. The van der Waals surface area contributed by atoms with Crippen LogP contribution in [0, 0.1) is 11.8 Å². The minimum Gasteiger partial charge on any atom is -0.377 e. The summed E-state index contributed by atoms with van der Waals surface area (Å²) >= 11 is 0. The van der Waals surface area contributed by atoms with Crippen LogP contribution in [0.5, 0.6) is 0 Å². The summed E-state index contributed by atoms with van der Waals surface area (Å²) in [5.41, 5.74) is 0. The van der Waals surface area contributed by atoms with E-state index in [-0.39, 0.29) is 0 Å². The van der Waals surface area contributed by atoms with Gasteiger partial charge in [-0.3, -0.25) is 4.90 Å². The van der Waals surface area contributed by atoms with E-state index in [2.05, 4.69) is 23.6 Å². The number of piperidine rings is 3. The Balaban J connectivity index is 1.63. The van der Waals surface area contributed by atoms with Crippen LogP contribution in [0.1, 0.15) is 39.5 Å². The Hall–Kier alpha value is -0.120. The first kappa shape index (κ1) is 13.8. The van der Waals surface area contributed by atoms with Crippen LogP contribution in [0.2, 0.25) is 0 Å². The number of nitrogens with zero attached hydrogens (tertiary/aromatic N) is 2. The van der Waals surface area contributed by atoms with Gasteiger partial charge in [-0.15, -0.1) is 0 Å². The molecule has 0 aromatic heterocycles. The van der Waals surface area contributed by atoms with Crippen molar-refractivity contribution in [2.24, 2.45) is 11.8 Å². The molecule has 4 saturated heterocycles. The van der Waals surface area contributed by atoms with E-state index in [1.165, 1.54) is 58.4 Å². The molecule has 4 aliphatic rings. The molecular weight excluding hydrogens is 236 g/mol. The standard InChI is InChI=1S/C16H30N2O/c1-13(2)10-18(11-15-4-3-9-19-15)16-12-17-7-5-14(16)6-8-17/h13-16H,3-12H2,1-2H3/t15-,16-/m0/s1. The molecule has 0 N–H and O–H groups in total. The molecule has 0 spiro atoms. The largest absolute Gasteiger partial charge is 0.377 e. The zero-order chi connectivity index (χ0) is 13.2. The predicted octanol–water partition coefficient (Wildman–Crippen LogP) is 2.22. The van der Waals surface area contributed by atoms with Crippen LogP contribution >= 0.6 is 0 Å². The summed E-state index contributed by atoms with van der Waals surface area (Å²) in [5, 5.41) is 0. The van der Waals surface area contributed by atoms with Crippen molar-refractivity contribution in [2.45, 2.75) is 51.7 Å². The molecule has 0 aromatic rings. The van der Waals surface area contributed by atoms with Crippen molar-refractivity contribution in [3.8, 4) is 0 Å². The predicted molar refractivity (Wildman–Crippen MR) is 78.3 cm³/mol. The van der Waals surface area contributed by atoms with Crippen LogP contribution in [0.3, 0.4) is 0 Å². The number of hydrogen-bond donors (Lipinski definition) is 0. The van der Waals surface area contributed by atoms with Gasteiger partial charge in [0.2, 0.25) is 0 Å². The molecule has 4 fully saturated rings. The maximum atomic E-state index is 5.88. The number of fused-ring (bicyclic) bond motifs is 3. The molecular formula is C16H30N2O. The molecule has 0 aromatic carbocycles. The Morgan fingerprint density at radius 1 is 1.21 bits per heavy atom. The van der Waals surface area contributed by atoms with Crippen molar-refractivity contribution in [3.63, 3.8) is 0 Å². The van der Waals surface area contributed by atoms with Crippen LogP contribution in [-0.2, 0) is 4.74 Å². The molecule has 2 atom stereocenters. The Morgan fingerprint density at radius 3 is 2.53 bits per heavy atom. The molecule has 3 heteroatoms. The lowest BCUT2D eigenvalue weighted by atomic mass is 9.82. The molecule has 4 heterocycles. The summed E-state index contributed by atoms with van der Waals surface area (Å²) in [6.07, 6.45) is 5.89. The molecule has 19 heavy (non-hydrogen) atoms. The average Bonchev–Trinajstić information content (AvgIpc) is 2.92. The van der Waals surface area contributed by atoms with Gasteiger partial charge in [0.15, 0.2) is 0 Å². The second-order valence-corrected chi connectivity index (χ2v) is 7.19. The lowest BCUT2D eigenvalue weighted by Crippen LogP contribution is -2.59. The molecule has 110 valence electrons. The molecule has 0 amide bonds. The summed E-state index contributed by atoms with van der Waals surface area (Å²) in [6, 6.07) is 0.800. The highest BCUT2D eigenvalue weighted by Gasteiger charge is 2.38. The Labute approximate surface area is 118 Å². The summed E-state index contributed by atoms with van der Waals surface area (Å²) in [4.78, 5) is 5.45. The lowest BCUT2D eigenvalue weighted by Gasteiger charge is -2.50. The lowest BCUT2D eigenvalue weighted by molar-refractivity contribution is -0.0228. The first-order valence-electron chi connectivity index (χ1n) is 8.30. The van der Waals surface area contributed by atoms with Crippen LogP contribution < -0.4 is 0 Å². The summed E-state index contributed by atoms with van der Waals surface area (Å²) in [6.45, 7) is 12.1.